The molecular weight excluding hydrogens is 453 g/mol. The van der Waals surface area contributed by atoms with Crippen LogP contribution in [0.5, 0.6) is 5.75 Å². The van der Waals surface area contributed by atoms with Crippen LogP contribution < -0.4 is 4.74 Å². The number of likely N-dealkylation sites (tertiary alicyclic amines) is 1. The van der Waals surface area contributed by atoms with Crippen molar-refractivity contribution in [1.82, 2.24) is 14.8 Å². The van der Waals surface area contributed by atoms with Gasteiger partial charge < -0.3 is 14.6 Å². The van der Waals surface area contributed by atoms with Crippen molar-refractivity contribution in [2.24, 2.45) is 5.92 Å². The smallest absolute Gasteiger partial charge is 0.225 e. The maximum Gasteiger partial charge on any atom is 0.225 e. The van der Waals surface area contributed by atoms with Gasteiger partial charge in [-0.3, -0.25) is 9.69 Å². The minimum absolute atomic E-state index is 0.0979. The topological polar surface area (TPSA) is 48.6 Å². The Bertz CT molecular complexity index is 1300. The Labute approximate surface area is 212 Å². The fourth-order valence-electron chi connectivity index (χ4n) is 6.68. The fraction of sp³-hybridized carbons (Fsp3) is 0.500. The van der Waals surface area contributed by atoms with E-state index in [2.05, 4.69) is 40.8 Å². The van der Waals surface area contributed by atoms with Crippen LogP contribution in [0.25, 0.3) is 10.9 Å². The number of nitrogens with one attached hydrogen (secondary N) is 1. The summed E-state index contributed by atoms with van der Waals surface area (Å²) in [5, 5.41) is 1.24. The minimum atomic E-state index is -0.312. The minimum Gasteiger partial charge on any atom is -0.497 e. The van der Waals surface area contributed by atoms with Crippen molar-refractivity contribution in [2.45, 2.75) is 63.5 Å². The van der Waals surface area contributed by atoms with Crippen LogP contribution in [0, 0.1) is 11.7 Å². The average Bonchev–Trinajstić information content (AvgIpc) is 3.24. The molecule has 1 amide bonds. The third kappa shape index (κ3) is 3.64. The number of nitrogens with zero attached hydrogens (tertiary/aromatic N) is 2. The molecule has 1 saturated heterocycles. The molecule has 3 aliphatic rings. The Kier molecular flexibility index (Phi) is 5.63. The summed E-state index contributed by atoms with van der Waals surface area (Å²) >= 11 is 0. The number of benzene rings is 2. The van der Waals surface area contributed by atoms with Crippen molar-refractivity contribution < 1.29 is 13.9 Å². The summed E-state index contributed by atoms with van der Waals surface area (Å²) in [6.45, 7) is 7.43. The summed E-state index contributed by atoms with van der Waals surface area (Å²) < 4.78 is 20.3. The van der Waals surface area contributed by atoms with Gasteiger partial charge in [-0.2, -0.15) is 0 Å². The zero-order valence-corrected chi connectivity index (χ0v) is 21.6. The second-order valence-electron chi connectivity index (χ2n) is 11.5. The van der Waals surface area contributed by atoms with Crippen LogP contribution >= 0.6 is 0 Å². The molecule has 0 radical (unpaired) electrons. The molecule has 2 aliphatic heterocycles. The van der Waals surface area contributed by atoms with E-state index in [9.17, 15) is 9.18 Å². The van der Waals surface area contributed by atoms with Gasteiger partial charge >= 0.3 is 0 Å². The number of rotatable bonds is 4. The molecule has 3 aromatic rings. The van der Waals surface area contributed by atoms with Gasteiger partial charge in [-0.15, -0.1) is 0 Å². The Morgan fingerprint density at radius 1 is 1.14 bits per heavy atom. The molecule has 1 N–H and O–H groups in total. The van der Waals surface area contributed by atoms with Gasteiger partial charge in [0.15, 0.2) is 0 Å². The van der Waals surface area contributed by atoms with E-state index < -0.39 is 0 Å². The van der Waals surface area contributed by atoms with Crippen LogP contribution in [0.4, 0.5) is 4.39 Å². The predicted molar refractivity (Wildman–Crippen MR) is 140 cm³/mol. The van der Waals surface area contributed by atoms with E-state index in [1.165, 1.54) is 23.1 Å². The molecule has 36 heavy (non-hydrogen) atoms. The first-order chi connectivity index (χ1) is 17.3. The number of methoxy groups -OCH3 is 1. The van der Waals surface area contributed by atoms with Crippen molar-refractivity contribution in [2.75, 3.05) is 26.7 Å². The molecule has 0 atom stereocenters. The Morgan fingerprint density at radius 3 is 2.56 bits per heavy atom. The number of H-pyrrole nitrogens is 1. The highest BCUT2D eigenvalue weighted by Gasteiger charge is 2.51. The van der Waals surface area contributed by atoms with E-state index in [1.807, 2.05) is 18.2 Å². The highest BCUT2D eigenvalue weighted by atomic mass is 19.1. The van der Waals surface area contributed by atoms with Gasteiger partial charge in [-0.1, -0.05) is 24.6 Å². The van der Waals surface area contributed by atoms with E-state index in [4.69, 9.17) is 4.74 Å². The number of carbonyl (C=O) groups excluding carboxylic acids is 1. The number of ether oxygens (including phenoxy) is 1. The third-order valence-electron chi connectivity index (χ3n) is 9.24. The highest BCUT2D eigenvalue weighted by Crippen LogP contribution is 2.51. The molecule has 0 unspecified atom stereocenters. The number of carbonyl (C=O) groups is 1. The van der Waals surface area contributed by atoms with Gasteiger partial charge in [-0.05, 0) is 63.3 Å². The number of hydrogen-bond acceptors (Lipinski definition) is 3. The molecule has 3 heterocycles. The largest absolute Gasteiger partial charge is 0.497 e. The molecule has 1 spiro atoms. The number of amides is 1. The summed E-state index contributed by atoms with van der Waals surface area (Å²) in [5.74, 6) is 1.25. The lowest BCUT2D eigenvalue weighted by Gasteiger charge is -2.54. The van der Waals surface area contributed by atoms with E-state index in [1.54, 1.807) is 19.2 Å². The van der Waals surface area contributed by atoms with Crippen LogP contribution in [0.1, 0.15) is 62.8 Å². The number of halogens is 1. The fourth-order valence-corrected chi connectivity index (χ4v) is 6.68. The number of aromatic amines is 1. The van der Waals surface area contributed by atoms with Crippen LogP contribution in [-0.2, 0) is 22.3 Å². The molecule has 190 valence electrons. The lowest BCUT2D eigenvalue weighted by atomic mass is 9.66. The number of aromatic nitrogens is 1. The molecule has 5 nitrogen and oxygen atoms in total. The molecule has 1 aromatic heterocycles. The Hall–Kier alpha value is -2.86. The quantitative estimate of drug-likeness (QED) is 0.509. The second-order valence-corrected chi connectivity index (χ2v) is 11.5. The first-order valence-electron chi connectivity index (χ1n) is 13.3. The SMILES string of the molecule is COc1ccc2c3c([nH]c2c1)C(C)(C)N(Cc1ccccc1F)CC31CCN(C(=O)C2CCC2)CC1. The van der Waals surface area contributed by atoms with Crippen LogP contribution in [0.2, 0.25) is 0 Å². The zero-order chi connectivity index (χ0) is 25.1. The summed E-state index contributed by atoms with van der Waals surface area (Å²) in [6.07, 6.45) is 5.10. The molecule has 6 heteroatoms. The van der Waals surface area contributed by atoms with Gasteiger partial charge in [-0.25, -0.2) is 4.39 Å². The Morgan fingerprint density at radius 2 is 1.89 bits per heavy atom. The molecule has 2 aromatic carbocycles. The van der Waals surface area contributed by atoms with Gasteiger partial charge in [0.25, 0.3) is 0 Å². The zero-order valence-electron chi connectivity index (χ0n) is 21.6. The maximum atomic E-state index is 14.7. The first kappa shape index (κ1) is 23.5. The molecule has 0 bridgehead atoms. The normalized spacial score (nSPS) is 21.4. The Balaban J connectivity index is 1.42. The van der Waals surface area contributed by atoms with Crippen LogP contribution in [-0.4, -0.2) is 47.4 Å². The first-order valence-corrected chi connectivity index (χ1v) is 13.3. The summed E-state index contributed by atoms with van der Waals surface area (Å²) in [7, 11) is 1.69. The van der Waals surface area contributed by atoms with Gasteiger partial charge in [0.2, 0.25) is 5.91 Å². The number of hydrogen-bond donors (Lipinski definition) is 1. The average molecular weight is 490 g/mol. The second kappa shape index (κ2) is 8.62. The number of fused-ring (bicyclic) bond motifs is 4. The van der Waals surface area contributed by atoms with Gasteiger partial charge in [0.1, 0.15) is 11.6 Å². The van der Waals surface area contributed by atoms with E-state index in [0.717, 1.165) is 62.1 Å². The van der Waals surface area contributed by atoms with E-state index >= 15 is 0 Å². The van der Waals surface area contributed by atoms with Crippen molar-refractivity contribution in [3.8, 4) is 5.75 Å². The molecular formula is C30H36FN3O2. The van der Waals surface area contributed by atoms with Crippen LogP contribution in [0.3, 0.4) is 0 Å². The van der Waals surface area contributed by atoms with Crippen molar-refractivity contribution >= 4 is 16.8 Å². The van der Waals surface area contributed by atoms with Gasteiger partial charge in [0.05, 0.1) is 12.6 Å². The molecule has 6 rings (SSSR count). The standard InChI is InChI=1S/C30H36FN3O2/c1-29(2)27-26(23-12-11-22(36-3)17-25(23)32-27)30(19-34(29)18-21-7-4-5-10-24(21)31)13-15-33(16-14-30)28(35)20-8-6-9-20/h4-5,7,10-12,17,20,32H,6,8-9,13-16,18-19H2,1-3H3. The molecule has 1 aliphatic carbocycles. The predicted octanol–water partition coefficient (Wildman–Crippen LogP) is 5.73. The van der Waals surface area contributed by atoms with E-state index in [0.29, 0.717) is 12.5 Å². The highest BCUT2D eigenvalue weighted by molar-refractivity contribution is 5.88. The van der Waals surface area contributed by atoms with E-state index in [-0.39, 0.29) is 22.7 Å². The van der Waals surface area contributed by atoms with Crippen molar-refractivity contribution in [1.29, 1.82) is 0 Å². The summed E-state index contributed by atoms with van der Waals surface area (Å²) in [4.78, 5) is 21.3. The van der Waals surface area contributed by atoms with Crippen molar-refractivity contribution in [3.63, 3.8) is 0 Å². The van der Waals surface area contributed by atoms with Gasteiger partial charge in [0, 0.05) is 65.7 Å². The molecule has 2 fully saturated rings. The van der Waals surface area contributed by atoms with Crippen molar-refractivity contribution in [3.05, 3.63) is 65.1 Å². The third-order valence-corrected chi connectivity index (χ3v) is 9.24. The lowest BCUT2D eigenvalue weighted by molar-refractivity contribution is -0.140. The maximum absolute atomic E-state index is 14.7. The number of piperidine rings is 1. The summed E-state index contributed by atoms with van der Waals surface area (Å²) in [5.41, 5.74) is 3.97. The lowest BCUT2D eigenvalue weighted by Crippen LogP contribution is -2.58. The molecule has 1 saturated carbocycles. The van der Waals surface area contributed by atoms with Crippen LogP contribution in [0.15, 0.2) is 42.5 Å². The summed E-state index contributed by atoms with van der Waals surface area (Å²) in [6, 6.07) is 13.4. The monoisotopic (exact) mass is 489 g/mol.